The fraction of sp³-hybridized carbons (Fsp3) is 0.778. The molecular formula is C18H31N3O2. The first-order valence-electron chi connectivity index (χ1n) is 8.69. The van der Waals surface area contributed by atoms with Crippen molar-refractivity contribution in [3.63, 3.8) is 0 Å². The number of hydrogen-bond acceptors (Lipinski definition) is 5. The third kappa shape index (κ3) is 5.15. The number of aromatic nitrogens is 2. The maximum atomic E-state index is 9.69. The predicted molar refractivity (Wildman–Crippen MR) is 92.5 cm³/mol. The zero-order chi connectivity index (χ0) is 16.9. The Morgan fingerprint density at radius 2 is 1.96 bits per heavy atom. The van der Waals surface area contributed by atoms with Gasteiger partial charge >= 0.3 is 0 Å². The summed E-state index contributed by atoms with van der Waals surface area (Å²) >= 11 is 0. The van der Waals surface area contributed by atoms with Gasteiger partial charge in [0.1, 0.15) is 11.6 Å². The van der Waals surface area contributed by atoms with Crippen molar-refractivity contribution in [2.75, 3.05) is 19.0 Å². The van der Waals surface area contributed by atoms with Crippen molar-refractivity contribution >= 4 is 5.82 Å². The van der Waals surface area contributed by atoms with Gasteiger partial charge in [-0.05, 0) is 12.8 Å². The van der Waals surface area contributed by atoms with Crippen molar-refractivity contribution in [1.29, 1.82) is 0 Å². The van der Waals surface area contributed by atoms with Gasteiger partial charge in [-0.25, -0.2) is 9.97 Å². The van der Waals surface area contributed by atoms with Gasteiger partial charge in [0.2, 0.25) is 0 Å². The Kier molecular flexibility index (Phi) is 6.36. The van der Waals surface area contributed by atoms with Crippen molar-refractivity contribution in [3.8, 4) is 0 Å². The zero-order valence-corrected chi connectivity index (χ0v) is 14.9. The summed E-state index contributed by atoms with van der Waals surface area (Å²) in [6, 6.07) is 2.25. The van der Waals surface area contributed by atoms with Crippen LogP contribution in [0.4, 0.5) is 5.82 Å². The van der Waals surface area contributed by atoms with E-state index in [1.165, 1.54) is 19.3 Å². The van der Waals surface area contributed by atoms with Gasteiger partial charge in [-0.15, -0.1) is 0 Å². The summed E-state index contributed by atoms with van der Waals surface area (Å²) in [7, 11) is 1.68. The molecule has 0 saturated heterocycles. The highest BCUT2D eigenvalue weighted by molar-refractivity contribution is 5.38. The van der Waals surface area contributed by atoms with E-state index >= 15 is 0 Å². The summed E-state index contributed by atoms with van der Waals surface area (Å²) in [5, 5.41) is 13.3. The highest BCUT2D eigenvalue weighted by Gasteiger charge is 2.25. The predicted octanol–water partition coefficient (Wildman–Crippen LogP) is 3.27. The summed E-state index contributed by atoms with van der Waals surface area (Å²) < 4.78 is 5.24. The third-order valence-electron chi connectivity index (χ3n) is 4.47. The lowest BCUT2D eigenvalue weighted by Crippen LogP contribution is -2.31. The molecule has 2 rings (SSSR count). The average Bonchev–Trinajstić information content (AvgIpc) is 2.71. The van der Waals surface area contributed by atoms with E-state index in [9.17, 15) is 5.11 Å². The van der Waals surface area contributed by atoms with Crippen molar-refractivity contribution in [2.24, 2.45) is 5.92 Å². The number of nitrogens with one attached hydrogen (secondary N) is 1. The van der Waals surface area contributed by atoms with Gasteiger partial charge in [-0.1, -0.05) is 40.0 Å². The van der Waals surface area contributed by atoms with Gasteiger partial charge in [0.05, 0.1) is 12.3 Å². The van der Waals surface area contributed by atoms with Crippen LogP contribution in [0.1, 0.15) is 64.4 Å². The first-order chi connectivity index (χ1) is 10.9. The van der Waals surface area contributed by atoms with Crippen LogP contribution >= 0.6 is 0 Å². The minimum Gasteiger partial charge on any atom is -0.396 e. The molecular weight excluding hydrogens is 290 g/mol. The summed E-state index contributed by atoms with van der Waals surface area (Å²) in [5.74, 6) is 1.97. The molecule has 0 amide bonds. The second-order valence-electron chi connectivity index (χ2n) is 7.58. The van der Waals surface area contributed by atoms with Crippen LogP contribution in [0.5, 0.6) is 0 Å². The number of rotatable bonds is 5. The quantitative estimate of drug-likeness (QED) is 0.815. The van der Waals surface area contributed by atoms with Gasteiger partial charge in [-0.2, -0.15) is 0 Å². The van der Waals surface area contributed by atoms with Gasteiger partial charge < -0.3 is 15.2 Å². The van der Waals surface area contributed by atoms with Gasteiger partial charge in [-0.3, -0.25) is 0 Å². The molecule has 1 fully saturated rings. The summed E-state index contributed by atoms with van der Waals surface area (Å²) in [6.07, 6.45) is 5.82. The minimum absolute atomic E-state index is 0.111. The van der Waals surface area contributed by atoms with E-state index in [2.05, 4.69) is 31.1 Å². The number of aliphatic hydroxyl groups is 1. The molecule has 2 unspecified atom stereocenters. The van der Waals surface area contributed by atoms with E-state index in [1.54, 1.807) is 7.11 Å². The Balaban J connectivity index is 2.24. The Labute approximate surface area is 139 Å². The lowest BCUT2D eigenvalue weighted by Gasteiger charge is -2.26. The first kappa shape index (κ1) is 18.1. The van der Waals surface area contributed by atoms with E-state index in [1.807, 2.05) is 6.07 Å². The van der Waals surface area contributed by atoms with Crippen molar-refractivity contribution in [2.45, 2.75) is 70.9 Å². The highest BCUT2D eigenvalue weighted by Crippen LogP contribution is 2.27. The summed E-state index contributed by atoms with van der Waals surface area (Å²) in [4.78, 5) is 9.34. The molecule has 2 atom stereocenters. The molecule has 1 aliphatic carbocycles. The molecule has 1 saturated carbocycles. The molecule has 1 aromatic rings. The smallest absolute Gasteiger partial charge is 0.136 e. The molecule has 1 aliphatic rings. The fourth-order valence-corrected chi connectivity index (χ4v) is 3.11. The van der Waals surface area contributed by atoms with Crippen LogP contribution in [0.2, 0.25) is 0 Å². The van der Waals surface area contributed by atoms with Crippen LogP contribution in [-0.2, 0) is 16.8 Å². The average molecular weight is 321 g/mol. The Hall–Kier alpha value is -1.20. The van der Waals surface area contributed by atoms with Gasteiger partial charge in [0, 0.05) is 37.2 Å². The molecule has 0 spiro atoms. The molecule has 0 aromatic carbocycles. The molecule has 5 nitrogen and oxygen atoms in total. The van der Waals surface area contributed by atoms with Crippen LogP contribution in [-0.4, -0.2) is 34.8 Å². The van der Waals surface area contributed by atoms with Crippen LogP contribution in [0.25, 0.3) is 0 Å². The molecule has 0 radical (unpaired) electrons. The second kappa shape index (κ2) is 8.06. The molecule has 23 heavy (non-hydrogen) atoms. The van der Waals surface area contributed by atoms with Crippen LogP contribution in [0.3, 0.4) is 0 Å². The van der Waals surface area contributed by atoms with E-state index in [0.717, 1.165) is 30.2 Å². The van der Waals surface area contributed by atoms with E-state index in [0.29, 0.717) is 12.5 Å². The lowest BCUT2D eigenvalue weighted by molar-refractivity contribution is 0.181. The highest BCUT2D eigenvalue weighted by atomic mass is 16.5. The molecule has 0 bridgehead atoms. The van der Waals surface area contributed by atoms with Gasteiger partial charge in [0.15, 0.2) is 0 Å². The topological polar surface area (TPSA) is 67.3 Å². The maximum absolute atomic E-state index is 9.69. The van der Waals surface area contributed by atoms with Crippen LogP contribution in [0.15, 0.2) is 6.07 Å². The number of aliphatic hydroxyl groups excluding tert-OH is 1. The number of hydrogen-bond donors (Lipinski definition) is 2. The molecule has 130 valence electrons. The molecule has 0 aliphatic heterocycles. The number of anilines is 1. The van der Waals surface area contributed by atoms with Crippen molar-refractivity contribution in [1.82, 2.24) is 9.97 Å². The fourth-order valence-electron chi connectivity index (χ4n) is 3.11. The van der Waals surface area contributed by atoms with Crippen LogP contribution < -0.4 is 5.32 Å². The normalized spacial score (nSPS) is 22.7. The van der Waals surface area contributed by atoms with Crippen molar-refractivity contribution < 1.29 is 9.84 Å². The largest absolute Gasteiger partial charge is 0.396 e. The molecule has 5 heteroatoms. The number of methoxy groups -OCH3 is 1. The number of nitrogens with zero attached hydrogens (tertiary/aromatic N) is 2. The maximum Gasteiger partial charge on any atom is 0.136 e. The molecule has 1 heterocycles. The Morgan fingerprint density at radius 3 is 2.61 bits per heavy atom. The summed E-state index contributed by atoms with van der Waals surface area (Å²) in [5.41, 5.74) is 0.782. The molecule has 1 aromatic heterocycles. The zero-order valence-electron chi connectivity index (χ0n) is 14.9. The lowest BCUT2D eigenvalue weighted by atomic mass is 9.95. The first-order valence-corrected chi connectivity index (χ1v) is 8.69. The Bertz CT molecular complexity index is 500. The number of ether oxygens (including phenoxy) is 1. The monoisotopic (exact) mass is 321 g/mol. The van der Waals surface area contributed by atoms with Crippen molar-refractivity contribution in [3.05, 3.63) is 17.6 Å². The van der Waals surface area contributed by atoms with Gasteiger partial charge in [0.25, 0.3) is 0 Å². The van der Waals surface area contributed by atoms with E-state index < -0.39 is 0 Å². The summed E-state index contributed by atoms with van der Waals surface area (Å²) in [6.45, 7) is 7.06. The van der Waals surface area contributed by atoms with E-state index in [4.69, 9.17) is 9.72 Å². The SMILES string of the molecule is COCc1cc(NC2CCCCCC2CO)nc(C(C)(C)C)n1. The van der Waals surface area contributed by atoms with Crippen LogP contribution in [0, 0.1) is 5.92 Å². The molecule has 2 N–H and O–H groups in total. The Morgan fingerprint density at radius 1 is 1.22 bits per heavy atom. The second-order valence-corrected chi connectivity index (χ2v) is 7.58. The minimum atomic E-state index is -0.111. The standard InChI is InChI=1S/C18H31N3O2/c1-18(2,3)17-19-14(12-23-4)10-16(21-17)20-15-9-7-5-6-8-13(15)11-22/h10,13,15,22H,5-9,11-12H2,1-4H3,(H,19,20,21). The van der Waals surface area contributed by atoms with E-state index in [-0.39, 0.29) is 18.1 Å². The third-order valence-corrected chi connectivity index (χ3v) is 4.47.